The fraction of sp³-hybridized carbons (Fsp3) is 0.500. The van der Waals surface area contributed by atoms with E-state index in [0.29, 0.717) is 6.42 Å². The van der Waals surface area contributed by atoms with Gasteiger partial charge in [0.25, 0.3) is 0 Å². The van der Waals surface area contributed by atoms with E-state index in [1.54, 1.807) is 20.8 Å². The highest BCUT2D eigenvalue weighted by Crippen LogP contribution is 2.35. The second-order valence-corrected chi connectivity index (χ2v) is 6.39. The second-order valence-electron chi connectivity index (χ2n) is 6.39. The third-order valence-electron chi connectivity index (χ3n) is 3.31. The Bertz CT molecular complexity index is 632. The summed E-state index contributed by atoms with van der Waals surface area (Å²) in [6.07, 6.45) is -4.76. The summed E-state index contributed by atoms with van der Waals surface area (Å²) in [7, 11) is 0. The Hall–Kier alpha value is -2.05. The molecule has 0 unspecified atom stereocenters. The molecule has 0 saturated carbocycles. The molecule has 0 bridgehead atoms. The van der Waals surface area contributed by atoms with Crippen LogP contribution in [0.2, 0.25) is 0 Å². The van der Waals surface area contributed by atoms with Crippen LogP contribution in [-0.2, 0) is 10.9 Å². The molecule has 2 rings (SSSR count). The molecule has 1 aliphatic rings. The van der Waals surface area contributed by atoms with Gasteiger partial charge in [-0.25, -0.2) is 4.79 Å². The summed E-state index contributed by atoms with van der Waals surface area (Å²) >= 11 is 0. The lowest BCUT2D eigenvalue weighted by molar-refractivity contribution is -0.137. The molecule has 0 atom stereocenters. The van der Waals surface area contributed by atoms with Crippen molar-refractivity contribution < 1.29 is 27.5 Å². The summed E-state index contributed by atoms with van der Waals surface area (Å²) in [5.74, 6) is -0.405. The van der Waals surface area contributed by atoms with Crippen LogP contribution in [0, 0.1) is 0 Å². The maximum Gasteiger partial charge on any atom is 0.416 e. The van der Waals surface area contributed by atoms with E-state index in [4.69, 9.17) is 4.74 Å². The van der Waals surface area contributed by atoms with Gasteiger partial charge in [-0.05, 0) is 45.4 Å². The summed E-state index contributed by atoms with van der Waals surface area (Å²) < 4.78 is 43.8. The van der Waals surface area contributed by atoms with Crippen molar-refractivity contribution in [2.24, 2.45) is 0 Å². The van der Waals surface area contributed by atoms with Crippen molar-refractivity contribution >= 4 is 17.6 Å². The van der Waals surface area contributed by atoms with Gasteiger partial charge in [-0.3, -0.25) is 9.69 Å². The Labute approximate surface area is 132 Å². The van der Waals surface area contributed by atoms with Crippen LogP contribution in [0.15, 0.2) is 18.2 Å². The number of ether oxygens (including phenoxy) is 1. The maximum atomic E-state index is 12.8. The van der Waals surface area contributed by atoms with E-state index >= 15 is 0 Å². The lowest BCUT2D eigenvalue weighted by Gasteiger charge is -2.27. The lowest BCUT2D eigenvalue weighted by Crippen LogP contribution is -2.37. The van der Waals surface area contributed by atoms with Gasteiger partial charge in [-0.2, -0.15) is 13.2 Å². The normalized spacial score (nSPS) is 15.9. The Morgan fingerprint density at radius 2 is 1.87 bits per heavy atom. The summed E-state index contributed by atoms with van der Waals surface area (Å²) in [6.45, 7) is 5.31. The Morgan fingerprint density at radius 1 is 1.22 bits per heavy atom. The van der Waals surface area contributed by atoms with Gasteiger partial charge in [-0.1, -0.05) is 0 Å². The molecule has 7 heteroatoms. The van der Waals surface area contributed by atoms with E-state index in [1.807, 2.05) is 0 Å². The van der Waals surface area contributed by atoms with Gasteiger partial charge in [0.1, 0.15) is 5.60 Å². The number of rotatable bonds is 0. The number of ketones is 1. The number of halogens is 3. The molecular weight excluding hydrogens is 311 g/mol. The number of fused-ring (bicyclic) bond motifs is 1. The number of Topliss-reactive ketones (excluding diaryl/α,β-unsaturated/α-hetero) is 1. The third-order valence-corrected chi connectivity index (χ3v) is 3.31. The minimum atomic E-state index is -4.54. The van der Waals surface area contributed by atoms with Crippen molar-refractivity contribution in [2.75, 3.05) is 11.4 Å². The van der Waals surface area contributed by atoms with Crippen LogP contribution in [0.4, 0.5) is 23.7 Å². The standard InChI is InChI=1S/C16H18F3NO3/c1-15(2,3)23-14(22)20-8-4-5-13(21)11-9-10(16(17,18)19)6-7-12(11)20/h6-7,9H,4-5,8H2,1-3H3. The first-order chi connectivity index (χ1) is 10.5. The van der Waals surface area contributed by atoms with Crippen LogP contribution < -0.4 is 4.90 Å². The van der Waals surface area contributed by atoms with Gasteiger partial charge in [-0.15, -0.1) is 0 Å². The fourth-order valence-electron chi connectivity index (χ4n) is 2.33. The van der Waals surface area contributed by atoms with E-state index in [-0.39, 0.29) is 24.2 Å². The predicted octanol–water partition coefficient (Wildman–Crippen LogP) is 4.42. The highest BCUT2D eigenvalue weighted by Gasteiger charge is 2.34. The van der Waals surface area contributed by atoms with Gasteiger partial charge < -0.3 is 4.74 Å². The first-order valence-electron chi connectivity index (χ1n) is 7.24. The Kier molecular flexibility index (Phi) is 4.41. The number of carbonyl (C=O) groups is 2. The first-order valence-corrected chi connectivity index (χ1v) is 7.24. The van der Waals surface area contributed by atoms with Gasteiger partial charge in [0, 0.05) is 18.5 Å². The van der Waals surface area contributed by atoms with Crippen molar-refractivity contribution in [3.8, 4) is 0 Å². The van der Waals surface area contributed by atoms with E-state index < -0.39 is 29.2 Å². The number of benzene rings is 1. The number of anilines is 1. The highest BCUT2D eigenvalue weighted by molar-refractivity contribution is 6.05. The minimum Gasteiger partial charge on any atom is -0.443 e. The molecule has 1 aliphatic heterocycles. The minimum absolute atomic E-state index is 0.0909. The van der Waals surface area contributed by atoms with Crippen LogP contribution in [0.5, 0.6) is 0 Å². The third kappa shape index (κ3) is 4.03. The molecule has 1 amide bonds. The molecule has 0 aliphatic carbocycles. The van der Waals surface area contributed by atoms with Crippen molar-refractivity contribution in [1.29, 1.82) is 0 Å². The van der Waals surface area contributed by atoms with Crippen LogP contribution >= 0.6 is 0 Å². The van der Waals surface area contributed by atoms with Gasteiger partial charge in [0.2, 0.25) is 0 Å². The molecule has 1 heterocycles. The van der Waals surface area contributed by atoms with Crippen molar-refractivity contribution in [3.63, 3.8) is 0 Å². The summed E-state index contributed by atoms with van der Waals surface area (Å²) in [4.78, 5) is 25.6. The molecule has 0 aromatic heterocycles. The van der Waals surface area contributed by atoms with Crippen LogP contribution in [0.1, 0.15) is 49.5 Å². The van der Waals surface area contributed by atoms with Crippen LogP contribution in [-0.4, -0.2) is 24.0 Å². The average Bonchev–Trinajstić information content (AvgIpc) is 2.55. The zero-order valence-electron chi connectivity index (χ0n) is 13.2. The van der Waals surface area contributed by atoms with E-state index in [1.165, 1.54) is 4.90 Å². The number of hydrogen-bond acceptors (Lipinski definition) is 3. The van der Waals surface area contributed by atoms with E-state index in [9.17, 15) is 22.8 Å². The molecular formula is C16H18F3NO3. The quantitative estimate of drug-likeness (QED) is 0.708. The van der Waals surface area contributed by atoms with E-state index in [0.717, 1.165) is 18.2 Å². The van der Waals surface area contributed by atoms with Gasteiger partial charge in [0.05, 0.1) is 11.3 Å². The molecule has 1 aromatic carbocycles. The fourth-order valence-corrected chi connectivity index (χ4v) is 2.33. The molecule has 0 saturated heterocycles. The van der Waals surface area contributed by atoms with Crippen molar-refractivity contribution in [2.45, 2.75) is 45.4 Å². The highest BCUT2D eigenvalue weighted by atomic mass is 19.4. The summed E-state index contributed by atoms with van der Waals surface area (Å²) in [6, 6.07) is 2.83. The first kappa shape index (κ1) is 17.3. The Balaban J connectivity index is 2.45. The summed E-state index contributed by atoms with van der Waals surface area (Å²) in [5.41, 5.74) is -1.58. The molecule has 126 valence electrons. The number of carbonyl (C=O) groups excluding carboxylic acids is 2. The van der Waals surface area contributed by atoms with Crippen molar-refractivity contribution in [1.82, 2.24) is 0 Å². The predicted molar refractivity (Wildman–Crippen MR) is 78.6 cm³/mol. The monoisotopic (exact) mass is 329 g/mol. The number of alkyl halides is 3. The number of hydrogen-bond donors (Lipinski definition) is 0. The molecule has 23 heavy (non-hydrogen) atoms. The zero-order valence-corrected chi connectivity index (χ0v) is 13.2. The van der Waals surface area contributed by atoms with Crippen molar-refractivity contribution in [3.05, 3.63) is 29.3 Å². The van der Waals surface area contributed by atoms with Gasteiger partial charge >= 0.3 is 12.3 Å². The lowest BCUT2D eigenvalue weighted by atomic mass is 10.0. The molecule has 0 spiro atoms. The average molecular weight is 329 g/mol. The van der Waals surface area contributed by atoms with Crippen LogP contribution in [0.25, 0.3) is 0 Å². The van der Waals surface area contributed by atoms with Gasteiger partial charge in [0.15, 0.2) is 5.78 Å². The maximum absolute atomic E-state index is 12.8. The topological polar surface area (TPSA) is 46.6 Å². The number of amides is 1. The molecule has 0 N–H and O–H groups in total. The molecule has 4 nitrogen and oxygen atoms in total. The second kappa shape index (κ2) is 5.86. The molecule has 1 aromatic rings. The molecule has 0 radical (unpaired) electrons. The number of nitrogens with zero attached hydrogens (tertiary/aromatic N) is 1. The Morgan fingerprint density at radius 3 is 2.43 bits per heavy atom. The summed E-state index contributed by atoms with van der Waals surface area (Å²) in [5, 5.41) is 0. The smallest absolute Gasteiger partial charge is 0.416 e. The largest absolute Gasteiger partial charge is 0.443 e. The van der Waals surface area contributed by atoms with E-state index in [2.05, 4.69) is 0 Å². The SMILES string of the molecule is CC(C)(C)OC(=O)N1CCCC(=O)c2cc(C(F)(F)F)ccc21. The molecule has 0 fully saturated rings. The van der Waals surface area contributed by atoms with Crippen LogP contribution in [0.3, 0.4) is 0 Å². The zero-order chi connectivity index (χ0) is 17.4.